The summed E-state index contributed by atoms with van der Waals surface area (Å²) in [5.74, 6) is 0. The zero-order valence-corrected chi connectivity index (χ0v) is 13.2. The van der Waals surface area contributed by atoms with E-state index in [1.165, 1.54) is 4.26 Å². The predicted octanol–water partition coefficient (Wildman–Crippen LogP) is 3.38. The van der Waals surface area contributed by atoms with Gasteiger partial charge in [0.05, 0.1) is 0 Å². The molecule has 22 heavy (non-hydrogen) atoms. The molecule has 4 nitrogen and oxygen atoms in total. The molecule has 0 amide bonds. The van der Waals surface area contributed by atoms with Crippen LogP contribution in [0.15, 0.2) is 30.3 Å². The van der Waals surface area contributed by atoms with Crippen molar-refractivity contribution in [3.8, 4) is 10.1 Å². The van der Waals surface area contributed by atoms with Crippen LogP contribution in [0.5, 0.6) is 0 Å². The van der Waals surface area contributed by atoms with E-state index in [1.54, 1.807) is 0 Å². The summed E-state index contributed by atoms with van der Waals surface area (Å²) in [7, 11) is 0. The number of alkyl halides is 3. The molecule has 4 rings (SSSR count). The van der Waals surface area contributed by atoms with Gasteiger partial charge in [0.1, 0.15) is 0 Å². The third-order valence-corrected chi connectivity index (χ3v) is 6.00. The van der Waals surface area contributed by atoms with Crippen LogP contribution in [0.3, 0.4) is 0 Å². The van der Waals surface area contributed by atoms with Gasteiger partial charge in [-0.15, -0.1) is 0 Å². The third-order valence-electron chi connectivity index (χ3n) is 3.11. The van der Waals surface area contributed by atoms with Crippen LogP contribution in [-0.4, -0.2) is 33.4 Å². The van der Waals surface area contributed by atoms with Crippen molar-refractivity contribution < 1.29 is 13.2 Å². The van der Waals surface area contributed by atoms with Gasteiger partial charge in [-0.3, -0.25) is 0 Å². The van der Waals surface area contributed by atoms with Crippen molar-refractivity contribution in [3.05, 3.63) is 36.0 Å². The Bertz CT molecular complexity index is 959. The van der Waals surface area contributed by atoms with Crippen LogP contribution in [0.1, 0.15) is 5.69 Å². The average molecular weight is 385 g/mol. The minimum atomic E-state index is -4.59. The van der Waals surface area contributed by atoms with E-state index in [9.17, 15) is 13.2 Å². The molecule has 0 aliphatic carbocycles. The fourth-order valence-corrected chi connectivity index (χ4v) is 4.90. The van der Waals surface area contributed by atoms with Gasteiger partial charge in [0.25, 0.3) is 0 Å². The molecule has 4 aromatic rings. The van der Waals surface area contributed by atoms with Gasteiger partial charge < -0.3 is 0 Å². The fraction of sp³-hybridized carbons (Fsp3) is 0.0769. The molecule has 0 aliphatic heterocycles. The maximum atomic E-state index is 12.9. The molecule has 0 N–H and O–H groups in total. The van der Waals surface area contributed by atoms with Crippen LogP contribution >= 0.6 is 11.7 Å². The Labute approximate surface area is 131 Å². The molecule has 3 aromatic heterocycles. The summed E-state index contributed by atoms with van der Waals surface area (Å²) < 4.78 is 48.6. The molecule has 0 radical (unpaired) electrons. The molecule has 0 unspecified atom stereocenters. The van der Waals surface area contributed by atoms with Crippen LogP contribution in [0.2, 0.25) is 0 Å². The Morgan fingerprint density at radius 1 is 1.00 bits per heavy atom. The zero-order valence-electron chi connectivity index (χ0n) is 10.6. The van der Waals surface area contributed by atoms with Gasteiger partial charge in [0.15, 0.2) is 0 Å². The van der Waals surface area contributed by atoms with Gasteiger partial charge in [0, 0.05) is 0 Å². The zero-order chi connectivity index (χ0) is 15.3. The molecular formula is C13H5F3N4SSe. The topological polar surface area (TPSA) is 51.6 Å². The predicted molar refractivity (Wildman–Crippen MR) is 77.9 cm³/mol. The molecule has 0 fully saturated rings. The van der Waals surface area contributed by atoms with Crippen molar-refractivity contribution >= 4 is 46.9 Å². The second-order valence-corrected chi connectivity index (χ2v) is 7.31. The number of nitrogens with zero attached hydrogens (tertiary/aromatic N) is 4. The Morgan fingerprint density at radius 2 is 1.77 bits per heavy atom. The van der Waals surface area contributed by atoms with Gasteiger partial charge >= 0.3 is 131 Å². The SMILES string of the molecule is FC(F)(F)c1nnc(-c2cc3ccccc3[se]2)c2nsnc12. The van der Waals surface area contributed by atoms with Crippen LogP contribution in [0, 0.1) is 0 Å². The van der Waals surface area contributed by atoms with Crippen molar-refractivity contribution in [2.75, 3.05) is 0 Å². The summed E-state index contributed by atoms with van der Waals surface area (Å²) in [5.41, 5.74) is -0.736. The summed E-state index contributed by atoms with van der Waals surface area (Å²) in [6.07, 6.45) is -4.59. The van der Waals surface area contributed by atoms with Crippen molar-refractivity contribution in [2.24, 2.45) is 0 Å². The molecule has 0 spiro atoms. The van der Waals surface area contributed by atoms with Crippen LogP contribution in [0.25, 0.3) is 30.8 Å². The van der Waals surface area contributed by atoms with Gasteiger partial charge in [-0.05, 0) is 0 Å². The van der Waals surface area contributed by atoms with Crippen LogP contribution in [0.4, 0.5) is 13.2 Å². The first-order chi connectivity index (χ1) is 10.5. The number of benzene rings is 1. The first kappa shape index (κ1) is 13.8. The summed E-state index contributed by atoms with van der Waals surface area (Å²) in [5, 5.41) is 8.21. The number of hydrogen-bond acceptors (Lipinski definition) is 5. The van der Waals surface area contributed by atoms with Crippen molar-refractivity contribution in [2.45, 2.75) is 6.18 Å². The fourth-order valence-electron chi connectivity index (χ4n) is 2.15. The number of aromatic nitrogens is 4. The minimum absolute atomic E-state index is 0.0262. The molecule has 0 bridgehead atoms. The molecule has 0 atom stereocenters. The van der Waals surface area contributed by atoms with Gasteiger partial charge in [-0.2, -0.15) is 0 Å². The standard InChI is InChI=1S/C13H5F3N4SSe/c14-13(15,16)12-11-10(19-21-20-11)9(17-18-12)8-5-6-3-1-2-4-7(6)22-8/h1-5H. The van der Waals surface area contributed by atoms with E-state index in [-0.39, 0.29) is 25.5 Å². The normalized spacial score (nSPS) is 12.3. The third kappa shape index (κ3) is 2.13. The Hall–Kier alpha value is -1.83. The van der Waals surface area contributed by atoms with Gasteiger partial charge in [-0.1, -0.05) is 0 Å². The monoisotopic (exact) mass is 386 g/mol. The molecular weight excluding hydrogens is 380 g/mol. The first-order valence-corrected chi connectivity index (χ1v) is 8.53. The number of fused-ring (bicyclic) bond motifs is 2. The van der Waals surface area contributed by atoms with E-state index in [0.717, 1.165) is 21.6 Å². The number of rotatable bonds is 1. The molecule has 110 valence electrons. The van der Waals surface area contributed by atoms with E-state index >= 15 is 0 Å². The van der Waals surface area contributed by atoms with E-state index in [4.69, 9.17) is 0 Å². The summed E-state index contributed by atoms with van der Waals surface area (Å²) in [4.78, 5) is 0. The van der Waals surface area contributed by atoms with Crippen molar-refractivity contribution in [1.29, 1.82) is 0 Å². The van der Waals surface area contributed by atoms with E-state index < -0.39 is 11.9 Å². The van der Waals surface area contributed by atoms with Crippen LogP contribution in [-0.2, 0) is 6.18 Å². The molecule has 1 aromatic carbocycles. The summed E-state index contributed by atoms with van der Waals surface area (Å²) in [6.45, 7) is 0. The molecule has 0 aliphatic rings. The number of hydrogen-bond donors (Lipinski definition) is 0. The van der Waals surface area contributed by atoms with Crippen molar-refractivity contribution in [1.82, 2.24) is 18.9 Å². The van der Waals surface area contributed by atoms with Gasteiger partial charge in [0.2, 0.25) is 0 Å². The second kappa shape index (κ2) is 4.84. The quantitative estimate of drug-likeness (QED) is 0.472. The Morgan fingerprint density at radius 3 is 2.55 bits per heavy atom. The van der Waals surface area contributed by atoms with E-state index in [2.05, 4.69) is 18.9 Å². The molecule has 9 heteroatoms. The summed E-state index contributed by atoms with van der Waals surface area (Å²) >= 11 is 0.713. The Kier molecular flexibility index (Phi) is 3.04. The maximum absolute atomic E-state index is 12.9. The van der Waals surface area contributed by atoms with E-state index in [0.29, 0.717) is 5.69 Å². The first-order valence-electron chi connectivity index (χ1n) is 6.09. The van der Waals surface area contributed by atoms with Crippen molar-refractivity contribution in [3.63, 3.8) is 0 Å². The molecule has 0 saturated carbocycles. The molecule has 3 heterocycles. The van der Waals surface area contributed by atoms with E-state index in [1.807, 2.05) is 30.3 Å². The van der Waals surface area contributed by atoms with Crippen LogP contribution < -0.4 is 0 Å². The molecule has 0 saturated heterocycles. The number of halogens is 3. The van der Waals surface area contributed by atoms with Gasteiger partial charge in [-0.25, -0.2) is 0 Å². The summed E-state index contributed by atoms with van der Waals surface area (Å²) in [6, 6.07) is 9.78. The Balaban J connectivity index is 1.98. The second-order valence-electron chi connectivity index (χ2n) is 4.50. The average Bonchev–Trinajstić information content (AvgIpc) is 3.11.